The third-order valence-corrected chi connectivity index (χ3v) is 2.75. The van der Waals surface area contributed by atoms with Gasteiger partial charge in [-0.05, 0) is 35.9 Å². The first-order valence-corrected chi connectivity index (χ1v) is 5.97. The lowest BCUT2D eigenvalue weighted by Crippen LogP contribution is -2.05. The van der Waals surface area contributed by atoms with Crippen molar-refractivity contribution in [2.45, 2.75) is 0 Å². The van der Waals surface area contributed by atoms with Gasteiger partial charge in [-0.3, -0.25) is 0 Å². The summed E-state index contributed by atoms with van der Waals surface area (Å²) in [6, 6.07) is 16.7. The number of halogens is 2. The Balaban J connectivity index is 0.00000180. The van der Waals surface area contributed by atoms with Gasteiger partial charge in [0, 0.05) is 6.54 Å². The second-order valence-corrected chi connectivity index (χ2v) is 4.05. The quantitative estimate of drug-likeness (QED) is 0.894. The third kappa shape index (κ3) is 4.19. The summed E-state index contributed by atoms with van der Waals surface area (Å²) in [4.78, 5) is 0. The summed E-state index contributed by atoms with van der Waals surface area (Å²) in [6.07, 6.45) is 2.11. The van der Waals surface area contributed by atoms with Crippen LogP contribution in [0.15, 0.2) is 60.7 Å². The van der Waals surface area contributed by atoms with Gasteiger partial charge in [0.2, 0.25) is 0 Å². The minimum Gasteiger partial charge on any atom is -0.316 e. The average Bonchev–Trinajstić information content (AvgIpc) is 2.42. The molecule has 1 N–H and O–H groups in total. The average molecular weight is 278 g/mol. The Morgan fingerprint density at radius 2 is 1.58 bits per heavy atom. The van der Waals surface area contributed by atoms with Crippen molar-refractivity contribution >= 4 is 18.0 Å². The fourth-order valence-electron chi connectivity index (χ4n) is 1.85. The molecule has 0 aromatic heterocycles. The highest BCUT2D eigenvalue weighted by Gasteiger charge is 2.04. The van der Waals surface area contributed by atoms with Gasteiger partial charge >= 0.3 is 0 Å². The van der Waals surface area contributed by atoms with Crippen LogP contribution in [0, 0.1) is 5.82 Å². The third-order valence-electron chi connectivity index (χ3n) is 2.75. The molecule has 19 heavy (non-hydrogen) atoms. The van der Waals surface area contributed by atoms with Crippen LogP contribution in [0.25, 0.3) is 5.57 Å². The van der Waals surface area contributed by atoms with E-state index in [-0.39, 0.29) is 18.2 Å². The predicted molar refractivity (Wildman–Crippen MR) is 81.1 cm³/mol. The van der Waals surface area contributed by atoms with E-state index in [0.717, 1.165) is 23.2 Å². The maximum Gasteiger partial charge on any atom is 0.123 e. The Labute approximate surface area is 119 Å². The second-order valence-electron chi connectivity index (χ2n) is 4.05. The van der Waals surface area contributed by atoms with Crippen LogP contribution < -0.4 is 5.32 Å². The topological polar surface area (TPSA) is 12.0 Å². The standard InChI is InChI=1S/C16H16FN.ClH/c1-18-12-11-16(13-5-3-2-4-6-13)14-7-9-15(17)10-8-14;/h2-11,18H,12H2,1H3;1H/b16-11-;. The van der Waals surface area contributed by atoms with Crippen LogP contribution in [0.1, 0.15) is 11.1 Å². The molecule has 0 atom stereocenters. The van der Waals surface area contributed by atoms with Crippen LogP contribution in [-0.4, -0.2) is 13.6 Å². The van der Waals surface area contributed by atoms with E-state index >= 15 is 0 Å². The van der Waals surface area contributed by atoms with E-state index in [1.165, 1.54) is 12.1 Å². The lowest BCUT2D eigenvalue weighted by atomic mass is 9.97. The lowest BCUT2D eigenvalue weighted by Gasteiger charge is -2.08. The van der Waals surface area contributed by atoms with Gasteiger partial charge in [-0.1, -0.05) is 48.5 Å². The molecule has 0 aliphatic heterocycles. The minimum absolute atomic E-state index is 0. The van der Waals surface area contributed by atoms with Crippen LogP contribution in [0.5, 0.6) is 0 Å². The van der Waals surface area contributed by atoms with Crippen molar-refractivity contribution in [3.8, 4) is 0 Å². The van der Waals surface area contributed by atoms with E-state index in [2.05, 4.69) is 23.5 Å². The van der Waals surface area contributed by atoms with Gasteiger partial charge in [-0.25, -0.2) is 4.39 Å². The summed E-state index contributed by atoms with van der Waals surface area (Å²) in [5.41, 5.74) is 3.28. The molecule has 0 unspecified atom stereocenters. The van der Waals surface area contributed by atoms with E-state index in [4.69, 9.17) is 0 Å². The molecule has 0 heterocycles. The van der Waals surface area contributed by atoms with Crippen molar-refractivity contribution < 1.29 is 4.39 Å². The summed E-state index contributed by atoms with van der Waals surface area (Å²) in [6.45, 7) is 0.779. The Hall–Kier alpha value is -1.64. The van der Waals surface area contributed by atoms with Crippen molar-refractivity contribution in [2.24, 2.45) is 0 Å². The number of benzene rings is 2. The van der Waals surface area contributed by atoms with Gasteiger partial charge in [-0.15, -0.1) is 12.4 Å². The largest absolute Gasteiger partial charge is 0.316 e. The maximum atomic E-state index is 13.0. The summed E-state index contributed by atoms with van der Waals surface area (Å²) in [5.74, 6) is -0.209. The van der Waals surface area contributed by atoms with Crippen molar-refractivity contribution in [1.29, 1.82) is 0 Å². The van der Waals surface area contributed by atoms with E-state index in [0.29, 0.717) is 0 Å². The molecule has 0 saturated heterocycles. The van der Waals surface area contributed by atoms with Crippen molar-refractivity contribution in [3.63, 3.8) is 0 Å². The number of rotatable bonds is 4. The summed E-state index contributed by atoms with van der Waals surface area (Å²) in [5, 5.41) is 3.10. The molecule has 100 valence electrons. The molecule has 0 fully saturated rings. The summed E-state index contributed by atoms with van der Waals surface area (Å²) in [7, 11) is 1.91. The van der Waals surface area contributed by atoms with Crippen molar-refractivity contribution in [2.75, 3.05) is 13.6 Å². The molecular formula is C16H17ClFN. The highest BCUT2D eigenvalue weighted by Crippen LogP contribution is 2.23. The van der Waals surface area contributed by atoms with Crippen LogP contribution in [0.2, 0.25) is 0 Å². The van der Waals surface area contributed by atoms with Gasteiger partial charge < -0.3 is 5.32 Å². The highest BCUT2D eigenvalue weighted by atomic mass is 35.5. The second kappa shape index (κ2) is 7.72. The SMILES string of the molecule is CNC/C=C(/c1ccccc1)c1ccc(F)cc1.Cl. The first-order valence-electron chi connectivity index (χ1n) is 5.97. The Morgan fingerprint density at radius 3 is 2.16 bits per heavy atom. The predicted octanol–water partition coefficient (Wildman–Crippen LogP) is 3.90. The van der Waals surface area contributed by atoms with Crippen LogP contribution in [-0.2, 0) is 0 Å². The Bertz CT molecular complexity index is 520. The molecule has 2 rings (SSSR count). The molecule has 0 aliphatic carbocycles. The monoisotopic (exact) mass is 277 g/mol. The fraction of sp³-hybridized carbons (Fsp3) is 0.125. The van der Waals surface area contributed by atoms with Gasteiger partial charge in [-0.2, -0.15) is 0 Å². The van der Waals surface area contributed by atoms with Crippen LogP contribution >= 0.6 is 12.4 Å². The summed E-state index contributed by atoms with van der Waals surface area (Å²) < 4.78 is 13.0. The zero-order valence-electron chi connectivity index (χ0n) is 10.8. The van der Waals surface area contributed by atoms with Crippen LogP contribution in [0.4, 0.5) is 4.39 Å². The maximum absolute atomic E-state index is 13.0. The zero-order chi connectivity index (χ0) is 12.8. The number of hydrogen-bond donors (Lipinski definition) is 1. The summed E-state index contributed by atoms with van der Waals surface area (Å²) >= 11 is 0. The van der Waals surface area contributed by atoms with Gasteiger partial charge in [0.25, 0.3) is 0 Å². The van der Waals surface area contributed by atoms with E-state index in [1.54, 1.807) is 0 Å². The number of nitrogens with one attached hydrogen (secondary N) is 1. The lowest BCUT2D eigenvalue weighted by molar-refractivity contribution is 0.627. The van der Waals surface area contributed by atoms with Gasteiger partial charge in [0.15, 0.2) is 0 Å². The smallest absolute Gasteiger partial charge is 0.123 e. The Kier molecular flexibility index (Phi) is 6.26. The van der Waals surface area contributed by atoms with Gasteiger partial charge in [0.05, 0.1) is 0 Å². The molecule has 2 aromatic rings. The molecule has 2 aromatic carbocycles. The first kappa shape index (κ1) is 15.4. The van der Waals surface area contributed by atoms with E-state index in [9.17, 15) is 4.39 Å². The molecule has 0 saturated carbocycles. The molecule has 0 bridgehead atoms. The number of hydrogen-bond acceptors (Lipinski definition) is 1. The van der Waals surface area contributed by atoms with E-state index < -0.39 is 0 Å². The molecular weight excluding hydrogens is 261 g/mol. The molecule has 0 radical (unpaired) electrons. The highest BCUT2D eigenvalue weighted by molar-refractivity contribution is 5.85. The minimum atomic E-state index is -0.209. The number of likely N-dealkylation sites (N-methyl/N-ethyl adjacent to an activating group) is 1. The molecule has 3 heteroatoms. The molecule has 1 nitrogen and oxygen atoms in total. The fourth-order valence-corrected chi connectivity index (χ4v) is 1.85. The first-order chi connectivity index (χ1) is 8.81. The van der Waals surface area contributed by atoms with E-state index in [1.807, 2.05) is 37.4 Å². The molecule has 0 amide bonds. The molecule has 0 spiro atoms. The van der Waals surface area contributed by atoms with Crippen LogP contribution in [0.3, 0.4) is 0 Å². The van der Waals surface area contributed by atoms with Crippen molar-refractivity contribution in [3.05, 3.63) is 77.6 Å². The van der Waals surface area contributed by atoms with Crippen molar-refractivity contribution in [1.82, 2.24) is 5.32 Å². The molecule has 0 aliphatic rings. The normalized spacial score (nSPS) is 10.9. The van der Waals surface area contributed by atoms with Gasteiger partial charge in [0.1, 0.15) is 5.82 Å². The Morgan fingerprint density at radius 1 is 1.00 bits per heavy atom. The zero-order valence-corrected chi connectivity index (χ0v) is 11.6.